The van der Waals surface area contributed by atoms with E-state index in [1.165, 1.54) is 0 Å². The topological polar surface area (TPSA) is 118 Å². The van der Waals surface area contributed by atoms with E-state index in [9.17, 15) is 5.11 Å². The second kappa shape index (κ2) is 6.93. The van der Waals surface area contributed by atoms with E-state index >= 15 is 0 Å². The monoisotopic (exact) mass is 392 g/mol. The first-order valence-corrected chi connectivity index (χ1v) is 9.86. The zero-order valence-corrected chi connectivity index (χ0v) is 16.2. The van der Waals surface area contributed by atoms with E-state index < -0.39 is 0 Å². The minimum absolute atomic E-state index is 0.168. The Balaban J connectivity index is 1.41. The number of aryl methyl sites for hydroxylation is 1. The van der Waals surface area contributed by atoms with Gasteiger partial charge in [-0.3, -0.25) is 4.68 Å². The molecule has 0 saturated heterocycles. The van der Waals surface area contributed by atoms with Crippen LogP contribution in [0.5, 0.6) is 0 Å². The van der Waals surface area contributed by atoms with Crippen LogP contribution in [0, 0.1) is 0 Å². The van der Waals surface area contributed by atoms with Gasteiger partial charge in [0.1, 0.15) is 5.82 Å². The maximum absolute atomic E-state index is 9.72. The van der Waals surface area contributed by atoms with Crippen molar-refractivity contribution in [2.45, 2.75) is 37.8 Å². The summed E-state index contributed by atoms with van der Waals surface area (Å²) < 4.78 is 3.57. The minimum Gasteiger partial charge on any atom is -0.393 e. The van der Waals surface area contributed by atoms with Gasteiger partial charge in [0.15, 0.2) is 11.5 Å². The first-order chi connectivity index (χ1) is 14.1. The molecule has 0 radical (unpaired) electrons. The molecule has 5 N–H and O–H groups in total. The lowest BCUT2D eigenvalue weighted by atomic mass is 9.93. The predicted octanol–water partition coefficient (Wildman–Crippen LogP) is 2.66. The zero-order valence-electron chi connectivity index (χ0n) is 16.2. The average molecular weight is 392 g/mol. The number of aliphatic hydroxyl groups is 1. The van der Waals surface area contributed by atoms with Crippen LogP contribution >= 0.6 is 0 Å². The third-order valence-corrected chi connectivity index (χ3v) is 5.54. The molecule has 3 aromatic heterocycles. The van der Waals surface area contributed by atoms with Gasteiger partial charge in [-0.25, -0.2) is 0 Å². The number of nitrogens with one attached hydrogen (secondary N) is 2. The average Bonchev–Trinajstić information content (AvgIpc) is 3.24. The number of rotatable bonds is 4. The van der Waals surface area contributed by atoms with Crippen LogP contribution in [0.15, 0.2) is 36.4 Å². The van der Waals surface area contributed by atoms with Gasteiger partial charge in [0.25, 0.3) is 0 Å². The lowest BCUT2D eigenvalue weighted by Crippen LogP contribution is -2.29. The molecule has 0 spiro atoms. The third kappa shape index (κ3) is 3.33. The number of nitrogens with zero attached hydrogens (tertiary/aromatic N) is 5. The number of hydrogen-bond acceptors (Lipinski definition) is 7. The van der Waals surface area contributed by atoms with Crippen molar-refractivity contribution >= 4 is 39.8 Å². The molecule has 1 fully saturated rings. The van der Waals surface area contributed by atoms with Crippen LogP contribution in [0.3, 0.4) is 0 Å². The molecule has 150 valence electrons. The highest BCUT2D eigenvalue weighted by Crippen LogP contribution is 2.26. The molecule has 9 heteroatoms. The van der Waals surface area contributed by atoms with Crippen molar-refractivity contribution in [3.63, 3.8) is 0 Å². The fourth-order valence-electron chi connectivity index (χ4n) is 3.99. The van der Waals surface area contributed by atoms with Gasteiger partial charge >= 0.3 is 0 Å². The Morgan fingerprint density at radius 2 is 1.93 bits per heavy atom. The first kappa shape index (κ1) is 17.7. The van der Waals surface area contributed by atoms with Crippen LogP contribution in [0.25, 0.3) is 16.6 Å². The second-order valence-electron chi connectivity index (χ2n) is 7.63. The minimum atomic E-state index is -0.168. The molecule has 1 aliphatic carbocycles. The second-order valence-corrected chi connectivity index (χ2v) is 7.63. The first-order valence-electron chi connectivity index (χ1n) is 9.86. The maximum atomic E-state index is 9.72. The lowest BCUT2D eigenvalue weighted by Gasteiger charge is -2.26. The van der Waals surface area contributed by atoms with Crippen LogP contribution in [0.4, 0.5) is 23.3 Å². The van der Waals surface area contributed by atoms with E-state index in [1.807, 2.05) is 48.0 Å². The van der Waals surface area contributed by atoms with Gasteiger partial charge in [-0.1, -0.05) is 6.07 Å². The summed E-state index contributed by atoms with van der Waals surface area (Å²) in [6.45, 7) is 0. The van der Waals surface area contributed by atoms with Crippen molar-refractivity contribution in [2.24, 2.45) is 7.05 Å². The van der Waals surface area contributed by atoms with Gasteiger partial charge in [0.05, 0.1) is 11.6 Å². The summed E-state index contributed by atoms with van der Waals surface area (Å²) in [5.74, 6) is 1.94. The van der Waals surface area contributed by atoms with E-state index in [2.05, 4.69) is 25.8 Å². The van der Waals surface area contributed by atoms with Crippen LogP contribution < -0.4 is 16.4 Å². The van der Waals surface area contributed by atoms with Crippen molar-refractivity contribution in [2.75, 3.05) is 16.4 Å². The van der Waals surface area contributed by atoms with Gasteiger partial charge in [0, 0.05) is 24.2 Å². The lowest BCUT2D eigenvalue weighted by molar-refractivity contribution is 0.126. The number of aromatic nitrogens is 5. The molecular weight excluding hydrogens is 368 g/mol. The highest BCUT2D eigenvalue weighted by atomic mass is 16.3. The van der Waals surface area contributed by atoms with Crippen molar-refractivity contribution in [1.82, 2.24) is 24.4 Å². The molecule has 0 aliphatic heterocycles. The Morgan fingerprint density at radius 1 is 1.10 bits per heavy atom. The molecule has 29 heavy (non-hydrogen) atoms. The summed E-state index contributed by atoms with van der Waals surface area (Å²) in [5.41, 5.74) is 8.50. The molecule has 0 amide bonds. The van der Waals surface area contributed by atoms with Crippen molar-refractivity contribution in [3.8, 4) is 0 Å². The Morgan fingerprint density at radius 3 is 2.76 bits per heavy atom. The van der Waals surface area contributed by atoms with Gasteiger partial charge in [0.2, 0.25) is 5.95 Å². The summed E-state index contributed by atoms with van der Waals surface area (Å²) in [6.07, 6.45) is 3.40. The largest absolute Gasteiger partial charge is 0.393 e. The standard InChI is InChI=1S/C20H24N8O/c1-27-16-11-13(7-10-15(16)19(21)25-27)23-20-24-18-4-2-3-17(28(18)26-20)22-12-5-8-14(29)9-6-12/h2-4,7,10-12,14,22,29H,5-6,8-9H2,1H3,(H2,21,25)(H,23,26). The summed E-state index contributed by atoms with van der Waals surface area (Å²) in [7, 11) is 1.87. The molecule has 5 rings (SSSR count). The van der Waals surface area contributed by atoms with Gasteiger partial charge in [-0.05, 0) is 56.0 Å². The quantitative estimate of drug-likeness (QED) is 0.422. The molecule has 0 atom stereocenters. The van der Waals surface area contributed by atoms with Crippen molar-refractivity contribution < 1.29 is 5.11 Å². The summed E-state index contributed by atoms with van der Waals surface area (Å²) >= 11 is 0. The fraction of sp³-hybridized carbons (Fsp3) is 0.350. The summed E-state index contributed by atoms with van der Waals surface area (Å²) in [5, 5.41) is 26.3. The number of pyridine rings is 1. The summed E-state index contributed by atoms with van der Waals surface area (Å²) in [6, 6.07) is 12.1. The highest BCUT2D eigenvalue weighted by Gasteiger charge is 2.20. The normalized spacial score (nSPS) is 19.7. The van der Waals surface area contributed by atoms with E-state index in [0.29, 0.717) is 17.8 Å². The Hall–Kier alpha value is -3.33. The number of aliphatic hydroxyl groups excluding tert-OH is 1. The Kier molecular flexibility index (Phi) is 4.24. The van der Waals surface area contributed by atoms with Crippen LogP contribution in [-0.4, -0.2) is 41.6 Å². The van der Waals surface area contributed by atoms with Gasteiger partial charge in [-0.2, -0.15) is 14.6 Å². The van der Waals surface area contributed by atoms with Gasteiger partial charge < -0.3 is 21.5 Å². The van der Waals surface area contributed by atoms with Crippen LogP contribution in [0.2, 0.25) is 0 Å². The fourth-order valence-corrected chi connectivity index (χ4v) is 3.99. The van der Waals surface area contributed by atoms with E-state index in [4.69, 9.17) is 5.73 Å². The third-order valence-electron chi connectivity index (χ3n) is 5.54. The molecule has 0 bridgehead atoms. The molecule has 9 nitrogen and oxygen atoms in total. The molecule has 0 unspecified atom stereocenters. The van der Waals surface area contributed by atoms with Crippen molar-refractivity contribution in [3.05, 3.63) is 36.4 Å². The van der Waals surface area contributed by atoms with Crippen LogP contribution in [0.1, 0.15) is 25.7 Å². The van der Waals surface area contributed by atoms with E-state index in [-0.39, 0.29) is 6.10 Å². The van der Waals surface area contributed by atoms with Crippen molar-refractivity contribution in [1.29, 1.82) is 0 Å². The maximum Gasteiger partial charge on any atom is 0.247 e. The molecule has 4 aromatic rings. The number of nitrogen functional groups attached to an aromatic ring is 1. The number of hydrogen-bond donors (Lipinski definition) is 4. The molecule has 1 aliphatic rings. The Bertz CT molecular complexity index is 1170. The predicted molar refractivity (Wildman–Crippen MR) is 113 cm³/mol. The van der Waals surface area contributed by atoms with Gasteiger partial charge in [-0.15, -0.1) is 5.10 Å². The number of anilines is 4. The molecule has 3 heterocycles. The highest BCUT2D eigenvalue weighted by molar-refractivity contribution is 5.91. The Labute approximate surface area is 167 Å². The van der Waals surface area contributed by atoms with E-state index in [0.717, 1.165) is 53.7 Å². The molecule has 1 saturated carbocycles. The SMILES string of the molecule is Cn1nc(N)c2ccc(Nc3nc4cccc(NC5CCC(O)CC5)n4n3)cc21. The van der Waals surface area contributed by atoms with Crippen LogP contribution in [-0.2, 0) is 7.05 Å². The molecular formula is C20H24N8O. The summed E-state index contributed by atoms with van der Waals surface area (Å²) in [4.78, 5) is 4.60. The zero-order chi connectivity index (χ0) is 20.0. The number of benzene rings is 1. The smallest absolute Gasteiger partial charge is 0.247 e. The number of fused-ring (bicyclic) bond motifs is 2. The number of nitrogens with two attached hydrogens (primary N) is 1. The molecule has 1 aromatic carbocycles. The van der Waals surface area contributed by atoms with E-state index in [1.54, 1.807) is 4.68 Å².